The van der Waals surface area contributed by atoms with Crippen LogP contribution in [-0.4, -0.2) is 16.5 Å². The molecule has 0 radical (unpaired) electrons. The zero-order chi connectivity index (χ0) is 15.5. The smallest absolute Gasteiger partial charge is 0.311 e. The van der Waals surface area contributed by atoms with Crippen LogP contribution in [0, 0.1) is 17.0 Å². The van der Waals surface area contributed by atoms with Crippen molar-refractivity contribution in [3.63, 3.8) is 0 Å². The Morgan fingerprint density at radius 2 is 1.71 bits per heavy atom. The molecule has 0 atom stereocenters. The first-order chi connectivity index (χ1) is 10.1. The molecule has 0 aromatic carbocycles. The van der Waals surface area contributed by atoms with E-state index < -0.39 is 0 Å². The molecule has 0 fully saturated rings. The third-order valence-electron chi connectivity index (χ3n) is 3.53. The number of rotatable bonds is 11. The highest BCUT2D eigenvalue weighted by atomic mass is 16.6. The number of anilines is 1. The van der Waals surface area contributed by atoms with Gasteiger partial charge in [0.05, 0.1) is 4.92 Å². The third kappa shape index (κ3) is 7.06. The third-order valence-corrected chi connectivity index (χ3v) is 3.53. The number of unbranched alkanes of at least 4 members (excludes halogenated alkanes) is 7. The number of aromatic nitrogens is 1. The van der Waals surface area contributed by atoms with Crippen molar-refractivity contribution in [3.8, 4) is 0 Å². The van der Waals surface area contributed by atoms with E-state index >= 15 is 0 Å². The monoisotopic (exact) mass is 293 g/mol. The molecule has 5 nitrogen and oxygen atoms in total. The normalized spacial score (nSPS) is 10.6. The van der Waals surface area contributed by atoms with E-state index in [0.29, 0.717) is 5.82 Å². The minimum Gasteiger partial charge on any atom is -0.364 e. The maximum absolute atomic E-state index is 10.9. The summed E-state index contributed by atoms with van der Waals surface area (Å²) in [6, 6.07) is 3.18. The van der Waals surface area contributed by atoms with Gasteiger partial charge < -0.3 is 5.32 Å². The summed E-state index contributed by atoms with van der Waals surface area (Å²) in [5, 5.41) is 14.0. The quantitative estimate of drug-likeness (QED) is 0.360. The van der Waals surface area contributed by atoms with E-state index in [9.17, 15) is 10.1 Å². The van der Waals surface area contributed by atoms with Gasteiger partial charge in [0.2, 0.25) is 5.82 Å². The lowest BCUT2D eigenvalue weighted by molar-refractivity contribution is -0.384. The Kier molecular flexibility index (Phi) is 8.40. The molecular formula is C16H27N3O2. The molecule has 0 aliphatic rings. The van der Waals surface area contributed by atoms with Crippen LogP contribution in [0.5, 0.6) is 0 Å². The fraction of sp³-hybridized carbons (Fsp3) is 0.688. The SMILES string of the molecule is CCCCCCCCCCNc1nc(C)ccc1[N+](=O)[O-]. The molecule has 0 amide bonds. The molecule has 0 aliphatic carbocycles. The van der Waals surface area contributed by atoms with Crippen molar-refractivity contribution in [2.75, 3.05) is 11.9 Å². The number of nitro groups is 1. The average Bonchev–Trinajstić information content (AvgIpc) is 2.45. The van der Waals surface area contributed by atoms with E-state index in [-0.39, 0.29) is 10.6 Å². The van der Waals surface area contributed by atoms with E-state index in [2.05, 4.69) is 17.2 Å². The van der Waals surface area contributed by atoms with Gasteiger partial charge in [-0.2, -0.15) is 0 Å². The van der Waals surface area contributed by atoms with Gasteiger partial charge in [-0.05, 0) is 19.4 Å². The first-order valence-corrected chi connectivity index (χ1v) is 8.01. The number of hydrogen-bond donors (Lipinski definition) is 1. The van der Waals surface area contributed by atoms with Crippen LogP contribution >= 0.6 is 0 Å². The highest BCUT2D eigenvalue weighted by Crippen LogP contribution is 2.21. The van der Waals surface area contributed by atoms with Gasteiger partial charge in [0.15, 0.2) is 0 Å². The Labute approximate surface area is 127 Å². The number of nitrogens with zero attached hydrogens (tertiary/aromatic N) is 2. The predicted molar refractivity (Wildman–Crippen MR) is 86.7 cm³/mol. The molecule has 1 aromatic heterocycles. The first kappa shape index (κ1) is 17.4. The fourth-order valence-electron chi connectivity index (χ4n) is 2.29. The molecule has 1 rings (SSSR count). The maximum atomic E-state index is 10.9. The van der Waals surface area contributed by atoms with Gasteiger partial charge in [0, 0.05) is 18.3 Å². The Morgan fingerprint density at radius 3 is 2.33 bits per heavy atom. The van der Waals surface area contributed by atoms with E-state index in [1.165, 1.54) is 51.0 Å². The minimum atomic E-state index is -0.386. The fourth-order valence-corrected chi connectivity index (χ4v) is 2.29. The van der Waals surface area contributed by atoms with Crippen molar-refractivity contribution in [1.82, 2.24) is 4.98 Å². The van der Waals surface area contributed by atoms with Gasteiger partial charge in [-0.3, -0.25) is 10.1 Å². The average molecular weight is 293 g/mol. The molecule has 0 aliphatic heterocycles. The van der Waals surface area contributed by atoms with Crippen molar-refractivity contribution in [2.45, 2.75) is 65.2 Å². The largest absolute Gasteiger partial charge is 0.364 e. The summed E-state index contributed by atoms with van der Waals surface area (Å²) in [7, 11) is 0. The first-order valence-electron chi connectivity index (χ1n) is 8.01. The molecule has 0 spiro atoms. The Bertz CT molecular complexity index is 436. The second-order valence-electron chi connectivity index (χ2n) is 5.48. The molecule has 5 heteroatoms. The van der Waals surface area contributed by atoms with E-state index in [4.69, 9.17) is 0 Å². The topological polar surface area (TPSA) is 68.1 Å². The summed E-state index contributed by atoms with van der Waals surface area (Å²) in [5.41, 5.74) is 0.846. The molecular weight excluding hydrogens is 266 g/mol. The Balaban J connectivity index is 2.21. The van der Waals surface area contributed by atoms with Crippen LogP contribution in [0.3, 0.4) is 0 Å². The summed E-state index contributed by atoms with van der Waals surface area (Å²) in [6.45, 7) is 4.81. The van der Waals surface area contributed by atoms with Gasteiger partial charge in [0.25, 0.3) is 0 Å². The molecule has 21 heavy (non-hydrogen) atoms. The molecule has 0 unspecified atom stereocenters. The van der Waals surface area contributed by atoms with Crippen LogP contribution in [0.25, 0.3) is 0 Å². The number of pyridine rings is 1. The Hall–Kier alpha value is -1.65. The van der Waals surface area contributed by atoms with Crippen LogP contribution < -0.4 is 5.32 Å². The highest BCUT2D eigenvalue weighted by Gasteiger charge is 2.14. The summed E-state index contributed by atoms with van der Waals surface area (Å²) in [4.78, 5) is 14.7. The zero-order valence-electron chi connectivity index (χ0n) is 13.2. The summed E-state index contributed by atoms with van der Waals surface area (Å²) in [6.07, 6.45) is 10.0. The molecule has 0 saturated heterocycles. The lowest BCUT2D eigenvalue weighted by Crippen LogP contribution is -2.06. The highest BCUT2D eigenvalue weighted by molar-refractivity contribution is 5.55. The lowest BCUT2D eigenvalue weighted by Gasteiger charge is -2.07. The predicted octanol–water partition coefficient (Wildman–Crippen LogP) is 4.85. The second kappa shape index (κ2) is 10.1. The van der Waals surface area contributed by atoms with Gasteiger partial charge in [-0.15, -0.1) is 0 Å². The molecule has 1 N–H and O–H groups in total. The lowest BCUT2D eigenvalue weighted by atomic mass is 10.1. The molecule has 0 saturated carbocycles. The van der Waals surface area contributed by atoms with Crippen molar-refractivity contribution in [2.24, 2.45) is 0 Å². The number of aryl methyl sites for hydroxylation is 1. The van der Waals surface area contributed by atoms with Crippen LogP contribution in [0.2, 0.25) is 0 Å². The Morgan fingerprint density at radius 1 is 1.10 bits per heavy atom. The van der Waals surface area contributed by atoms with Crippen molar-refractivity contribution in [3.05, 3.63) is 27.9 Å². The number of nitrogens with one attached hydrogen (secondary N) is 1. The van der Waals surface area contributed by atoms with Crippen molar-refractivity contribution >= 4 is 11.5 Å². The molecule has 1 aromatic rings. The summed E-state index contributed by atoms with van der Waals surface area (Å²) >= 11 is 0. The van der Waals surface area contributed by atoms with Crippen LogP contribution in [0.1, 0.15) is 64.0 Å². The van der Waals surface area contributed by atoms with Crippen molar-refractivity contribution < 1.29 is 4.92 Å². The molecule has 0 bridgehead atoms. The van der Waals surface area contributed by atoms with Gasteiger partial charge in [-0.1, -0.05) is 51.9 Å². The zero-order valence-corrected chi connectivity index (χ0v) is 13.2. The van der Waals surface area contributed by atoms with E-state index in [0.717, 1.165) is 18.7 Å². The number of hydrogen-bond acceptors (Lipinski definition) is 4. The molecule has 1 heterocycles. The van der Waals surface area contributed by atoms with Crippen LogP contribution in [0.4, 0.5) is 11.5 Å². The molecule has 118 valence electrons. The van der Waals surface area contributed by atoms with Gasteiger partial charge in [0.1, 0.15) is 0 Å². The maximum Gasteiger partial charge on any atom is 0.311 e. The van der Waals surface area contributed by atoms with Crippen LogP contribution in [0.15, 0.2) is 12.1 Å². The standard InChI is InChI=1S/C16H27N3O2/c1-3-4-5-6-7-8-9-10-13-17-16-15(19(20)21)12-11-14(2)18-16/h11-12H,3-10,13H2,1-2H3,(H,17,18). The van der Waals surface area contributed by atoms with Crippen LogP contribution in [-0.2, 0) is 0 Å². The van der Waals surface area contributed by atoms with Gasteiger partial charge in [-0.25, -0.2) is 4.98 Å². The van der Waals surface area contributed by atoms with E-state index in [1.54, 1.807) is 6.07 Å². The van der Waals surface area contributed by atoms with E-state index in [1.807, 2.05) is 6.92 Å². The second-order valence-corrected chi connectivity index (χ2v) is 5.48. The van der Waals surface area contributed by atoms with Crippen molar-refractivity contribution in [1.29, 1.82) is 0 Å². The summed E-state index contributed by atoms with van der Waals surface area (Å²) in [5.74, 6) is 0.392. The van der Waals surface area contributed by atoms with Gasteiger partial charge >= 0.3 is 5.69 Å². The minimum absolute atomic E-state index is 0.0557. The summed E-state index contributed by atoms with van der Waals surface area (Å²) < 4.78 is 0.